The minimum Gasteiger partial charge on any atom is -0.314 e. The largest absolute Gasteiger partial charge is 0.314 e. The molecule has 158 valence electrons. The van der Waals surface area contributed by atoms with Crippen LogP contribution in [0.3, 0.4) is 0 Å². The van der Waals surface area contributed by atoms with Crippen LogP contribution < -0.4 is 0 Å². The van der Waals surface area contributed by atoms with Crippen molar-refractivity contribution in [1.29, 1.82) is 0 Å². The lowest BCUT2D eigenvalue weighted by molar-refractivity contribution is 0.294. The summed E-state index contributed by atoms with van der Waals surface area (Å²) in [5, 5.41) is 0. The van der Waals surface area contributed by atoms with Crippen LogP contribution in [0.1, 0.15) is 36.6 Å². The second-order valence-electron chi connectivity index (χ2n) is 8.34. The van der Waals surface area contributed by atoms with E-state index in [-0.39, 0.29) is 0 Å². The van der Waals surface area contributed by atoms with E-state index in [1.165, 1.54) is 63.3 Å². The number of benzene rings is 2. The van der Waals surface area contributed by atoms with Crippen LogP contribution in [0.2, 0.25) is 0 Å². The standard InChI is InChI=1S/C26H32N2S2/c1-19(2)21-5-7-22(8-6-21)26-17-23(18-27-13-15-30-16-14-27)20(3)28(26)24-9-11-25(29-4)12-10-24/h5-12,17,19H,13-16,18H2,1-4H3. The van der Waals surface area contributed by atoms with Gasteiger partial charge in [-0.1, -0.05) is 38.1 Å². The molecule has 0 unspecified atom stereocenters. The average molecular weight is 437 g/mol. The van der Waals surface area contributed by atoms with E-state index in [9.17, 15) is 0 Å². The number of nitrogens with zero attached hydrogens (tertiary/aromatic N) is 2. The van der Waals surface area contributed by atoms with Crippen molar-refractivity contribution in [2.45, 2.75) is 38.1 Å². The highest BCUT2D eigenvalue weighted by Gasteiger charge is 2.18. The monoisotopic (exact) mass is 436 g/mol. The lowest BCUT2D eigenvalue weighted by Gasteiger charge is -2.26. The molecule has 0 radical (unpaired) electrons. The Bertz CT molecular complexity index is 966. The summed E-state index contributed by atoms with van der Waals surface area (Å²) in [5.74, 6) is 3.05. The third kappa shape index (κ3) is 4.66. The molecule has 2 heterocycles. The summed E-state index contributed by atoms with van der Waals surface area (Å²) in [7, 11) is 0. The van der Waals surface area contributed by atoms with Crippen molar-refractivity contribution in [2.75, 3.05) is 30.9 Å². The summed E-state index contributed by atoms with van der Waals surface area (Å²) in [6, 6.07) is 20.5. The molecule has 1 fully saturated rings. The van der Waals surface area contributed by atoms with Crippen LogP contribution in [0.15, 0.2) is 59.5 Å². The molecule has 0 bridgehead atoms. The summed E-state index contributed by atoms with van der Waals surface area (Å²) in [6.45, 7) is 10.2. The van der Waals surface area contributed by atoms with Crippen LogP contribution in [0, 0.1) is 6.92 Å². The van der Waals surface area contributed by atoms with Crippen molar-refractivity contribution in [3.05, 3.63) is 71.4 Å². The summed E-state index contributed by atoms with van der Waals surface area (Å²) >= 11 is 3.87. The molecule has 0 saturated carbocycles. The first-order valence-corrected chi connectivity index (χ1v) is 13.2. The van der Waals surface area contributed by atoms with Crippen LogP contribution in [0.5, 0.6) is 0 Å². The first-order chi connectivity index (χ1) is 14.6. The Balaban J connectivity index is 1.76. The molecule has 1 saturated heterocycles. The number of aromatic nitrogens is 1. The molecular formula is C26H32N2S2. The smallest absolute Gasteiger partial charge is 0.0534 e. The molecule has 0 atom stereocenters. The average Bonchev–Trinajstić information content (AvgIpc) is 3.10. The van der Waals surface area contributed by atoms with E-state index in [1.807, 2.05) is 0 Å². The molecule has 1 aromatic heterocycles. The summed E-state index contributed by atoms with van der Waals surface area (Å²) in [4.78, 5) is 3.91. The van der Waals surface area contributed by atoms with Gasteiger partial charge in [0.1, 0.15) is 0 Å². The van der Waals surface area contributed by atoms with E-state index in [2.05, 4.69) is 103 Å². The Morgan fingerprint density at radius 2 is 1.63 bits per heavy atom. The Hall–Kier alpha value is -1.62. The molecule has 1 aliphatic heterocycles. The summed E-state index contributed by atoms with van der Waals surface area (Å²) < 4.78 is 2.45. The van der Waals surface area contributed by atoms with Gasteiger partial charge in [-0.15, -0.1) is 11.8 Å². The fourth-order valence-corrected chi connectivity index (χ4v) is 5.52. The number of hydrogen-bond donors (Lipinski definition) is 0. The van der Waals surface area contributed by atoms with Gasteiger partial charge in [-0.25, -0.2) is 0 Å². The second-order valence-corrected chi connectivity index (χ2v) is 10.4. The predicted octanol–water partition coefficient (Wildman–Crippen LogP) is 6.85. The molecule has 0 spiro atoms. The molecule has 2 aromatic carbocycles. The molecule has 3 aromatic rings. The maximum Gasteiger partial charge on any atom is 0.0534 e. The van der Waals surface area contributed by atoms with Crippen LogP contribution in [-0.2, 0) is 6.54 Å². The first-order valence-electron chi connectivity index (χ1n) is 10.8. The molecule has 2 nitrogen and oxygen atoms in total. The minimum atomic E-state index is 0.555. The normalized spacial score (nSPS) is 15.1. The highest BCUT2D eigenvalue weighted by atomic mass is 32.2. The second kappa shape index (κ2) is 9.67. The highest BCUT2D eigenvalue weighted by molar-refractivity contribution is 7.99. The lowest BCUT2D eigenvalue weighted by atomic mass is 10.0. The van der Waals surface area contributed by atoms with Gasteiger partial charge in [0, 0.05) is 47.4 Å². The van der Waals surface area contributed by atoms with Gasteiger partial charge in [0.2, 0.25) is 0 Å². The molecule has 0 aliphatic carbocycles. The van der Waals surface area contributed by atoms with Crippen molar-refractivity contribution in [3.63, 3.8) is 0 Å². The van der Waals surface area contributed by atoms with Gasteiger partial charge in [0.15, 0.2) is 0 Å². The van der Waals surface area contributed by atoms with E-state index in [1.54, 1.807) is 11.8 Å². The zero-order chi connectivity index (χ0) is 21.1. The molecule has 1 aliphatic rings. The van der Waals surface area contributed by atoms with Gasteiger partial charge < -0.3 is 4.57 Å². The quantitative estimate of drug-likeness (QED) is 0.391. The third-order valence-corrected chi connectivity index (χ3v) is 7.74. The topological polar surface area (TPSA) is 8.17 Å². The first kappa shape index (κ1) is 21.6. The molecule has 4 heteroatoms. The van der Waals surface area contributed by atoms with Crippen molar-refractivity contribution < 1.29 is 0 Å². The maximum absolute atomic E-state index is 2.60. The fourth-order valence-electron chi connectivity index (χ4n) is 4.13. The van der Waals surface area contributed by atoms with Gasteiger partial charge in [0.25, 0.3) is 0 Å². The Morgan fingerprint density at radius 3 is 2.23 bits per heavy atom. The predicted molar refractivity (Wildman–Crippen MR) is 134 cm³/mol. The van der Waals surface area contributed by atoms with Gasteiger partial charge >= 0.3 is 0 Å². The summed E-state index contributed by atoms with van der Waals surface area (Å²) in [5.41, 5.74) is 8.02. The van der Waals surface area contributed by atoms with Crippen molar-refractivity contribution in [2.24, 2.45) is 0 Å². The van der Waals surface area contributed by atoms with Crippen LogP contribution in [0.4, 0.5) is 0 Å². The van der Waals surface area contributed by atoms with E-state index in [0.717, 1.165) is 6.54 Å². The number of hydrogen-bond acceptors (Lipinski definition) is 3. The Morgan fingerprint density at radius 1 is 0.967 bits per heavy atom. The molecule has 0 N–H and O–H groups in total. The van der Waals surface area contributed by atoms with E-state index >= 15 is 0 Å². The number of thioether (sulfide) groups is 2. The van der Waals surface area contributed by atoms with Crippen molar-refractivity contribution in [3.8, 4) is 16.9 Å². The van der Waals surface area contributed by atoms with Gasteiger partial charge in [-0.05, 0) is 66.1 Å². The van der Waals surface area contributed by atoms with E-state index in [0.29, 0.717) is 5.92 Å². The van der Waals surface area contributed by atoms with E-state index < -0.39 is 0 Å². The molecular weight excluding hydrogens is 404 g/mol. The molecule has 30 heavy (non-hydrogen) atoms. The van der Waals surface area contributed by atoms with Gasteiger partial charge in [-0.3, -0.25) is 4.90 Å². The fraction of sp³-hybridized carbons (Fsp3) is 0.385. The van der Waals surface area contributed by atoms with Crippen LogP contribution in [0.25, 0.3) is 16.9 Å². The third-order valence-electron chi connectivity index (χ3n) is 6.05. The lowest BCUT2D eigenvalue weighted by Crippen LogP contribution is -2.32. The number of rotatable bonds is 6. The zero-order valence-corrected chi connectivity index (χ0v) is 20.2. The highest BCUT2D eigenvalue weighted by Crippen LogP contribution is 2.32. The SMILES string of the molecule is CSc1ccc(-n2c(-c3ccc(C(C)C)cc3)cc(CN3CCSCC3)c2C)cc1. The van der Waals surface area contributed by atoms with Crippen molar-refractivity contribution >= 4 is 23.5 Å². The van der Waals surface area contributed by atoms with Gasteiger partial charge in [-0.2, -0.15) is 11.8 Å². The molecule has 4 rings (SSSR count). The van der Waals surface area contributed by atoms with E-state index in [4.69, 9.17) is 0 Å². The Kier molecular flexibility index (Phi) is 6.97. The Labute approximate surface area is 190 Å². The maximum atomic E-state index is 2.60. The molecule has 0 amide bonds. The van der Waals surface area contributed by atoms with Crippen LogP contribution in [-0.4, -0.2) is 40.3 Å². The minimum absolute atomic E-state index is 0.555. The zero-order valence-electron chi connectivity index (χ0n) is 18.5. The van der Waals surface area contributed by atoms with Crippen LogP contribution >= 0.6 is 23.5 Å². The van der Waals surface area contributed by atoms with Gasteiger partial charge in [0.05, 0.1) is 5.69 Å². The summed E-state index contributed by atoms with van der Waals surface area (Å²) in [6.07, 6.45) is 2.13. The van der Waals surface area contributed by atoms with Crippen molar-refractivity contribution in [1.82, 2.24) is 9.47 Å².